The summed E-state index contributed by atoms with van der Waals surface area (Å²) in [5, 5.41) is 0. The van der Waals surface area contributed by atoms with Crippen molar-refractivity contribution in [2.45, 2.75) is 19.1 Å². The van der Waals surface area contributed by atoms with Crippen molar-refractivity contribution in [3.05, 3.63) is 72.3 Å². The van der Waals surface area contributed by atoms with E-state index in [0.717, 1.165) is 0 Å². The third-order valence-electron chi connectivity index (χ3n) is 4.35. The molecule has 1 aliphatic rings. The molecule has 1 amide bonds. The number of amides is 1. The standard InChI is InChI=1S/C20H21NO2/c1-4-13-23-14(2)20(22)21(3)19-17-11-7-5-9-15(17)16-10-6-8-12-18(16)19/h4-12,14,19H,1,13H2,2-3H3/t14-/m0/s1. The van der Waals surface area contributed by atoms with Crippen molar-refractivity contribution in [1.82, 2.24) is 4.90 Å². The lowest BCUT2D eigenvalue weighted by molar-refractivity contribution is -0.142. The Labute approximate surface area is 137 Å². The van der Waals surface area contributed by atoms with Crippen molar-refractivity contribution in [3.63, 3.8) is 0 Å². The molecule has 0 bridgehead atoms. The highest BCUT2D eigenvalue weighted by Crippen LogP contribution is 2.45. The van der Waals surface area contributed by atoms with Gasteiger partial charge in [-0.25, -0.2) is 0 Å². The molecule has 3 heteroatoms. The van der Waals surface area contributed by atoms with E-state index in [1.807, 2.05) is 31.3 Å². The molecule has 3 nitrogen and oxygen atoms in total. The fourth-order valence-corrected chi connectivity index (χ4v) is 3.24. The lowest BCUT2D eigenvalue weighted by Gasteiger charge is -2.29. The molecule has 0 saturated carbocycles. The van der Waals surface area contributed by atoms with Crippen LogP contribution in [-0.2, 0) is 9.53 Å². The van der Waals surface area contributed by atoms with Gasteiger partial charge in [0.1, 0.15) is 6.10 Å². The van der Waals surface area contributed by atoms with Crippen molar-refractivity contribution in [2.24, 2.45) is 0 Å². The molecule has 1 aliphatic carbocycles. The summed E-state index contributed by atoms with van der Waals surface area (Å²) in [6.07, 6.45) is 1.17. The molecular weight excluding hydrogens is 286 g/mol. The fourth-order valence-electron chi connectivity index (χ4n) is 3.24. The highest BCUT2D eigenvalue weighted by atomic mass is 16.5. The Bertz CT molecular complexity index is 692. The van der Waals surface area contributed by atoms with Gasteiger partial charge in [-0.3, -0.25) is 4.79 Å². The topological polar surface area (TPSA) is 29.5 Å². The molecule has 0 heterocycles. The van der Waals surface area contributed by atoms with Crippen LogP contribution in [0.5, 0.6) is 0 Å². The number of benzene rings is 2. The molecule has 0 saturated heterocycles. The normalized spacial score (nSPS) is 14.0. The van der Waals surface area contributed by atoms with Crippen molar-refractivity contribution in [3.8, 4) is 11.1 Å². The third kappa shape index (κ3) is 2.68. The minimum absolute atomic E-state index is 0.0247. The predicted octanol–water partition coefficient (Wildman–Crippen LogP) is 3.81. The molecule has 0 aliphatic heterocycles. The highest BCUT2D eigenvalue weighted by molar-refractivity contribution is 5.85. The number of hydrogen-bond donors (Lipinski definition) is 0. The number of rotatable bonds is 5. The zero-order chi connectivity index (χ0) is 16.4. The summed E-state index contributed by atoms with van der Waals surface area (Å²) < 4.78 is 5.50. The van der Waals surface area contributed by atoms with E-state index in [1.54, 1.807) is 17.9 Å². The minimum Gasteiger partial charge on any atom is -0.365 e. The lowest BCUT2D eigenvalue weighted by Crippen LogP contribution is -2.38. The van der Waals surface area contributed by atoms with Gasteiger partial charge in [0.2, 0.25) is 0 Å². The van der Waals surface area contributed by atoms with Gasteiger partial charge in [-0.1, -0.05) is 54.6 Å². The molecule has 2 aromatic rings. The Morgan fingerprint density at radius 1 is 1.17 bits per heavy atom. The molecule has 0 N–H and O–H groups in total. The number of fused-ring (bicyclic) bond motifs is 3. The van der Waals surface area contributed by atoms with Crippen LogP contribution in [0, 0.1) is 0 Å². The van der Waals surface area contributed by atoms with Gasteiger partial charge in [-0.05, 0) is 29.2 Å². The van der Waals surface area contributed by atoms with E-state index in [-0.39, 0.29) is 11.9 Å². The highest BCUT2D eigenvalue weighted by Gasteiger charge is 2.34. The van der Waals surface area contributed by atoms with Gasteiger partial charge >= 0.3 is 0 Å². The van der Waals surface area contributed by atoms with Crippen LogP contribution in [0.3, 0.4) is 0 Å². The SMILES string of the molecule is C=CCO[C@@H](C)C(=O)N(C)C1c2ccccc2-c2ccccc21. The number of carbonyl (C=O) groups is 1. The molecule has 23 heavy (non-hydrogen) atoms. The van der Waals surface area contributed by atoms with E-state index in [4.69, 9.17) is 4.74 Å². The molecule has 118 valence electrons. The fraction of sp³-hybridized carbons (Fsp3) is 0.250. The molecule has 2 aromatic carbocycles. The average Bonchev–Trinajstić information content (AvgIpc) is 2.93. The molecule has 0 fully saturated rings. The largest absolute Gasteiger partial charge is 0.365 e. The van der Waals surface area contributed by atoms with Crippen LogP contribution in [0.25, 0.3) is 11.1 Å². The van der Waals surface area contributed by atoms with Crippen LogP contribution >= 0.6 is 0 Å². The molecular formula is C20H21NO2. The summed E-state index contributed by atoms with van der Waals surface area (Å²) in [4.78, 5) is 14.5. The van der Waals surface area contributed by atoms with Gasteiger partial charge in [0.05, 0.1) is 12.6 Å². The second kappa shape index (κ2) is 6.39. The summed E-state index contributed by atoms with van der Waals surface area (Å²) >= 11 is 0. The van der Waals surface area contributed by atoms with Gasteiger partial charge in [-0.2, -0.15) is 0 Å². The summed E-state index contributed by atoms with van der Waals surface area (Å²) in [5.74, 6) is -0.0247. The Morgan fingerprint density at radius 3 is 2.22 bits per heavy atom. The summed E-state index contributed by atoms with van der Waals surface area (Å²) in [6, 6.07) is 16.5. The van der Waals surface area contributed by atoms with Crippen LogP contribution in [0.4, 0.5) is 0 Å². The summed E-state index contributed by atoms with van der Waals surface area (Å²) in [6.45, 7) is 5.78. The van der Waals surface area contributed by atoms with Crippen molar-refractivity contribution in [2.75, 3.05) is 13.7 Å². The van der Waals surface area contributed by atoms with E-state index in [9.17, 15) is 4.79 Å². The third-order valence-corrected chi connectivity index (χ3v) is 4.35. The zero-order valence-corrected chi connectivity index (χ0v) is 13.5. The monoisotopic (exact) mass is 307 g/mol. The summed E-state index contributed by atoms with van der Waals surface area (Å²) in [5.41, 5.74) is 4.74. The molecule has 0 aromatic heterocycles. The quantitative estimate of drug-likeness (QED) is 0.786. The van der Waals surface area contributed by atoms with E-state index < -0.39 is 6.10 Å². The Hall–Kier alpha value is -2.39. The maximum atomic E-state index is 12.7. The van der Waals surface area contributed by atoms with Gasteiger partial charge in [0.15, 0.2) is 0 Å². The smallest absolute Gasteiger partial charge is 0.251 e. The van der Waals surface area contributed by atoms with Crippen molar-refractivity contribution in [1.29, 1.82) is 0 Å². The molecule has 3 rings (SSSR count). The van der Waals surface area contributed by atoms with Gasteiger partial charge in [0.25, 0.3) is 5.91 Å². The first-order valence-corrected chi connectivity index (χ1v) is 7.82. The van der Waals surface area contributed by atoms with Crippen molar-refractivity contribution < 1.29 is 9.53 Å². The average molecular weight is 307 g/mol. The minimum atomic E-state index is -0.488. The molecule has 0 radical (unpaired) electrons. The molecule has 1 atom stereocenters. The van der Waals surface area contributed by atoms with Crippen LogP contribution in [0.2, 0.25) is 0 Å². The van der Waals surface area contributed by atoms with Crippen LogP contribution < -0.4 is 0 Å². The lowest BCUT2D eigenvalue weighted by atomic mass is 10.0. The van der Waals surface area contributed by atoms with E-state index >= 15 is 0 Å². The van der Waals surface area contributed by atoms with Gasteiger partial charge in [0, 0.05) is 7.05 Å². The number of nitrogens with zero attached hydrogens (tertiary/aromatic N) is 1. The Balaban J connectivity index is 1.96. The van der Waals surface area contributed by atoms with E-state index in [1.165, 1.54) is 22.3 Å². The Kier molecular flexibility index (Phi) is 4.30. The molecule has 0 spiro atoms. The second-order valence-corrected chi connectivity index (χ2v) is 5.79. The number of likely N-dealkylation sites (N-methyl/N-ethyl adjacent to an activating group) is 1. The first-order valence-electron chi connectivity index (χ1n) is 7.82. The van der Waals surface area contributed by atoms with E-state index in [2.05, 4.69) is 30.8 Å². The second-order valence-electron chi connectivity index (χ2n) is 5.79. The maximum Gasteiger partial charge on any atom is 0.251 e. The molecule has 0 unspecified atom stereocenters. The maximum absolute atomic E-state index is 12.7. The van der Waals surface area contributed by atoms with Gasteiger partial charge in [-0.15, -0.1) is 6.58 Å². The first-order chi connectivity index (χ1) is 11.1. The van der Waals surface area contributed by atoms with Crippen LogP contribution in [0.15, 0.2) is 61.2 Å². The van der Waals surface area contributed by atoms with Gasteiger partial charge < -0.3 is 9.64 Å². The zero-order valence-electron chi connectivity index (χ0n) is 13.5. The van der Waals surface area contributed by atoms with Crippen molar-refractivity contribution >= 4 is 5.91 Å². The van der Waals surface area contributed by atoms with Crippen LogP contribution in [0.1, 0.15) is 24.1 Å². The number of carbonyl (C=O) groups excluding carboxylic acids is 1. The number of ether oxygens (including phenoxy) is 1. The Morgan fingerprint density at radius 2 is 1.70 bits per heavy atom. The van der Waals surface area contributed by atoms with Crippen LogP contribution in [-0.4, -0.2) is 30.6 Å². The predicted molar refractivity (Wildman–Crippen MR) is 92.1 cm³/mol. The number of hydrogen-bond acceptors (Lipinski definition) is 2. The van der Waals surface area contributed by atoms with E-state index in [0.29, 0.717) is 6.61 Å². The summed E-state index contributed by atoms with van der Waals surface area (Å²) in [7, 11) is 1.85. The first kappa shape index (κ1) is 15.5.